The summed E-state index contributed by atoms with van der Waals surface area (Å²) in [5.74, 6) is 0. The molecular formula is C60H80Cl2Si2Ti2-2. The maximum absolute atomic E-state index is 2.30. The molecule has 0 bridgehead atoms. The Labute approximate surface area is 439 Å². The molecule has 352 valence electrons. The average Bonchev–Trinajstić information content (AvgIpc) is 4.02. The van der Waals surface area contributed by atoms with Crippen molar-refractivity contribution in [2.24, 2.45) is 0 Å². The maximum atomic E-state index is 2.30. The largest absolute Gasteiger partial charge is 1.00 e. The summed E-state index contributed by atoms with van der Waals surface area (Å²) in [6.07, 6.45) is 0.241. The van der Waals surface area contributed by atoms with Crippen LogP contribution in [0.1, 0.15) is 111 Å². The molecule has 0 heterocycles. The van der Waals surface area contributed by atoms with E-state index in [1.54, 1.807) is 0 Å². The minimum Gasteiger partial charge on any atom is -1.00 e. The second-order valence-electron chi connectivity index (χ2n) is 19.4. The van der Waals surface area contributed by atoms with Crippen LogP contribution in [0.25, 0.3) is 43.1 Å². The Kier molecular flexibility index (Phi) is 24.4. The van der Waals surface area contributed by atoms with Gasteiger partial charge in [-0.1, -0.05) is 122 Å². The van der Waals surface area contributed by atoms with E-state index in [1.165, 1.54) is 154 Å². The van der Waals surface area contributed by atoms with Crippen LogP contribution >= 0.6 is 0 Å². The molecule has 8 rings (SSSR count). The van der Waals surface area contributed by atoms with Crippen molar-refractivity contribution in [1.82, 2.24) is 0 Å². The number of fused-ring (bicyclic) bond motifs is 4. The fraction of sp³-hybridized carbons (Fsp3) is 0.400. The number of aryl methyl sites for hydroxylation is 12. The van der Waals surface area contributed by atoms with E-state index in [9.17, 15) is 0 Å². The van der Waals surface area contributed by atoms with Crippen molar-refractivity contribution >= 4 is 55.5 Å². The first-order chi connectivity index (χ1) is 29.5. The summed E-state index contributed by atoms with van der Waals surface area (Å²) >= 11 is 4.54. The summed E-state index contributed by atoms with van der Waals surface area (Å²) in [6.45, 7) is 53.3. The van der Waals surface area contributed by atoms with E-state index in [0.29, 0.717) is 0 Å². The Morgan fingerprint density at radius 3 is 0.515 bits per heavy atom. The van der Waals surface area contributed by atoms with Crippen molar-refractivity contribution in [2.75, 3.05) is 0 Å². The second kappa shape index (κ2) is 26.1. The standard InChI is InChI=1S/4C14H17.2C2H6Si.2ClH.2Ti/c4*1-8-6-13-11(4)9(2)10(3)12(5)14(13)7-8;2*1-3-2;;;;/h4*6-7H,1-5H3;2*1-2H3;2*1H;;/q4*-1;;;;;2*+2/p-2. The van der Waals surface area contributed by atoms with Crippen molar-refractivity contribution in [3.8, 4) is 0 Å². The predicted octanol–water partition coefficient (Wildman–Crippen LogP) is 12.0. The Morgan fingerprint density at radius 1 is 0.258 bits per heavy atom. The first kappa shape index (κ1) is 61.8. The van der Waals surface area contributed by atoms with Gasteiger partial charge in [0.15, 0.2) is 0 Å². The van der Waals surface area contributed by atoms with E-state index < -0.39 is 0 Å². The monoisotopic (exact) mass is 1020 g/mol. The molecule has 0 aliphatic carbocycles. The van der Waals surface area contributed by atoms with Crippen molar-refractivity contribution in [3.63, 3.8) is 0 Å². The molecule has 0 aliphatic rings. The van der Waals surface area contributed by atoms with Gasteiger partial charge in [-0.2, -0.15) is 24.3 Å². The fourth-order valence-electron chi connectivity index (χ4n) is 8.96. The van der Waals surface area contributed by atoms with E-state index in [-0.39, 0.29) is 37.2 Å². The fourth-order valence-corrected chi connectivity index (χ4v) is 8.96. The van der Waals surface area contributed by atoms with Gasteiger partial charge in [0.1, 0.15) is 0 Å². The number of rotatable bonds is 0. The van der Waals surface area contributed by atoms with Gasteiger partial charge in [-0.3, -0.25) is 0 Å². The van der Waals surface area contributed by atoms with Gasteiger partial charge in [-0.25, -0.2) is 0 Å². The molecule has 0 radical (unpaired) electrons. The molecule has 0 spiro atoms. The van der Waals surface area contributed by atoms with Crippen molar-refractivity contribution in [3.05, 3.63) is 160 Å². The molecule has 0 aliphatic heterocycles. The van der Waals surface area contributed by atoms with Crippen LogP contribution in [-0.2, 0) is 38.3 Å². The third-order valence-electron chi connectivity index (χ3n) is 14.1. The van der Waals surface area contributed by atoms with Crippen LogP contribution in [0, 0.1) is 138 Å². The zero-order valence-electron chi connectivity index (χ0n) is 45.4. The van der Waals surface area contributed by atoms with Gasteiger partial charge in [-0.15, -0.1) is 112 Å². The van der Waals surface area contributed by atoms with E-state index in [2.05, 4.69) is 252 Å². The number of halogens is 2. The van der Waals surface area contributed by atoms with Crippen LogP contribution in [0.15, 0.2) is 48.5 Å². The summed E-state index contributed by atoms with van der Waals surface area (Å²) < 4.78 is 0. The summed E-state index contributed by atoms with van der Waals surface area (Å²) in [7, 11) is 0. The van der Waals surface area contributed by atoms with E-state index in [4.69, 9.17) is 0 Å². The van der Waals surface area contributed by atoms with Gasteiger partial charge in [0.05, 0.1) is 0 Å². The molecule has 0 saturated carbocycles. The molecule has 0 atom stereocenters. The van der Waals surface area contributed by atoms with Gasteiger partial charge in [-0.05, 0) is 83.1 Å². The van der Waals surface area contributed by atoms with Gasteiger partial charge >= 0.3 is 76.9 Å². The first-order valence-electron chi connectivity index (χ1n) is 23.1. The predicted molar refractivity (Wildman–Crippen MR) is 288 cm³/mol. The molecule has 0 amide bonds. The van der Waals surface area contributed by atoms with Crippen LogP contribution in [0.4, 0.5) is 0 Å². The van der Waals surface area contributed by atoms with E-state index in [1.807, 2.05) is 0 Å². The first-order valence-corrected chi connectivity index (χ1v) is 32.8. The molecular weight excluding hydrogens is 943 g/mol. The topological polar surface area (TPSA) is 0 Å². The van der Waals surface area contributed by atoms with Gasteiger partial charge in [0.2, 0.25) is 0 Å². The third-order valence-corrected chi connectivity index (χ3v) is 14.1. The molecule has 0 saturated heterocycles. The number of hydrogen-bond acceptors (Lipinski definition) is 0. The molecule has 6 heteroatoms. The van der Waals surface area contributed by atoms with Gasteiger partial charge in [0.25, 0.3) is 0 Å². The third kappa shape index (κ3) is 14.4. The van der Waals surface area contributed by atoms with Gasteiger partial charge < -0.3 is 24.8 Å². The molecule has 0 fully saturated rings. The second-order valence-corrected chi connectivity index (χ2v) is 32.8. The smallest absolute Gasteiger partial charge is 0.0408 e. The zero-order chi connectivity index (χ0) is 49.0. The minimum atomic E-state index is 0. The average molecular weight is 1020 g/mol. The number of hydrogen-bond donors (Lipinski definition) is 0. The Hall–Kier alpha value is -2.24. The van der Waals surface area contributed by atoms with Crippen LogP contribution < -0.4 is 24.8 Å². The van der Waals surface area contributed by atoms with E-state index in [0.717, 1.165) is 0 Å². The molecule has 0 nitrogen and oxygen atoms in total. The summed E-state index contributed by atoms with van der Waals surface area (Å²) in [4.78, 5) is 0. The summed E-state index contributed by atoms with van der Waals surface area (Å²) in [5.41, 5.74) is 28.6. The Balaban J connectivity index is 0.000000413. The zero-order valence-corrected chi connectivity index (χ0v) is 52.0. The molecule has 8 aromatic carbocycles. The van der Waals surface area contributed by atoms with Crippen LogP contribution in [0.3, 0.4) is 0 Å². The molecule has 0 N–H and O–H groups in total. The van der Waals surface area contributed by atoms with Crippen molar-refractivity contribution in [2.45, 2.75) is 165 Å². The van der Waals surface area contributed by atoms with Crippen LogP contribution in [-0.4, -0.2) is 12.4 Å². The summed E-state index contributed by atoms with van der Waals surface area (Å²) in [6, 6.07) is 18.4. The normalized spacial score (nSPS) is 10.4. The summed E-state index contributed by atoms with van der Waals surface area (Å²) in [5, 5.41) is 11.5. The molecule has 8 aromatic rings. The van der Waals surface area contributed by atoms with E-state index >= 15 is 0 Å². The van der Waals surface area contributed by atoms with Crippen LogP contribution in [0.2, 0.25) is 26.2 Å². The van der Waals surface area contributed by atoms with Crippen LogP contribution in [0.5, 0.6) is 0 Å². The number of benzene rings is 4. The van der Waals surface area contributed by atoms with Crippen molar-refractivity contribution < 1.29 is 63.2 Å². The molecule has 66 heavy (non-hydrogen) atoms. The quantitative estimate of drug-likeness (QED) is 0.105. The minimum absolute atomic E-state index is 0. The molecule has 0 aromatic heterocycles. The van der Waals surface area contributed by atoms with Crippen molar-refractivity contribution in [1.29, 1.82) is 0 Å². The Bertz CT molecular complexity index is 2430. The Morgan fingerprint density at radius 2 is 0.379 bits per heavy atom. The molecule has 0 unspecified atom stereocenters. The maximum Gasteiger partial charge on any atom is -0.0408 e. The van der Waals surface area contributed by atoms with Gasteiger partial charge in [0, 0.05) is 0 Å². The SMILES string of the molecule is C[Si](C)=[Ti+2].C[Si](C)=[Ti+2].Cc1cc2c(C)c(C)c(C)c(C)c2[cH-]1.Cc1cc2c(C)c(C)c(C)c(C)c2[cH-]1.Cc1cc2c(C)c(C)c(C)c(C)c2[cH-]1.Cc1cc2c(C)c(C)c(C)c(C)c2[cH-]1.[Cl-].[Cl-].